The summed E-state index contributed by atoms with van der Waals surface area (Å²) >= 11 is 0. The number of ether oxygens (including phenoxy) is 1. The van der Waals surface area contributed by atoms with Gasteiger partial charge in [-0.25, -0.2) is 12.8 Å². The predicted molar refractivity (Wildman–Crippen MR) is 103 cm³/mol. The molecular formula is C20H22FN3O4S. The summed E-state index contributed by atoms with van der Waals surface area (Å²) in [4.78, 5) is 18.6. The highest BCUT2D eigenvalue weighted by molar-refractivity contribution is 7.89. The zero-order chi connectivity index (χ0) is 20.4. The van der Waals surface area contributed by atoms with Gasteiger partial charge in [0.25, 0.3) is 0 Å². The maximum atomic E-state index is 13.7. The second-order valence-electron chi connectivity index (χ2n) is 7.24. The Hall–Kier alpha value is -2.52. The second-order valence-corrected chi connectivity index (χ2v) is 9.14. The second kappa shape index (κ2) is 8.08. The van der Waals surface area contributed by atoms with Crippen molar-refractivity contribution in [2.24, 2.45) is 0 Å². The molecule has 1 amide bonds. The van der Waals surface area contributed by atoms with Crippen LogP contribution in [0.25, 0.3) is 0 Å². The molecule has 1 aromatic carbocycles. The van der Waals surface area contributed by atoms with E-state index in [0.717, 1.165) is 23.2 Å². The molecule has 2 saturated heterocycles. The van der Waals surface area contributed by atoms with Crippen LogP contribution in [0.3, 0.4) is 0 Å². The Bertz CT molecular complexity index is 980. The van der Waals surface area contributed by atoms with Crippen LogP contribution in [-0.2, 0) is 14.8 Å². The Balaban J connectivity index is 1.63. The molecule has 0 unspecified atom stereocenters. The van der Waals surface area contributed by atoms with Crippen molar-refractivity contribution >= 4 is 15.9 Å². The highest BCUT2D eigenvalue weighted by Gasteiger charge is 2.46. The number of likely N-dealkylation sites (tertiary alicyclic amines) is 1. The lowest BCUT2D eigenvalue weighted by Crippen LogP contribution is -2.46. The molecule has 2 aliphatic heterocycles. The summed E-state index contributed by atoms with van der Waals surface area (Å²) in [7, 11) is -4.06. The normalized spacial score (nSPS) is 22.7. The van der Waals surface area contributed by atoms with Gasteiger partial charge in [-0.2, -0.15) is 4.31 Å². The topological polar surface area (TPSA) is 79.8 Å². The van der Waals surface area contributed by atoms with E-state index in [4.69, 9.17) is 4.74 Å². The molecule has 1 aromatic heterocycles. The minimum Gasteiger partial charge on any atom is -0.487 e. The van der Waals surface area contributed by atoms with Crippen molar-refractivity contribution in [2.45, 2.75) is 36.3 Å². The van der Waals surface area contributed by atoms with Gasteiger partial charge in [0.2, 0.25) is 15.9 Å². The zero-order valence-electron chi connectivity index (χ0n) is 15.8. The van der Waals surface area contributed by atoms with Gasteiger partial charge < -0.3 is 9.64 Å². The fraction of sp³-hybridized carbons (Fsp3) is 0.400. The van der Waals surface area contributed by atoms with Crippen LogP contribution in [0.5, 0.6) is 5.75 Å². The number of amides is 1. The van der Waals surface area contributed by atoms with Gasteiger partial charge >= 0.3 is 0 Å². The monoisotopic (exact) mass is 419 g/mol. The number of carbonyl (C=O) groups is 1. The number of benzene rings is 1. The van der Waals surface area contributed by atoms with Gasteiger partial charge in [0, 0.05) is 25.7 Å². The lowest BCUT2D eigenvalue weighted by atomic mass is 10.2. The van der Waals surface area contributed by atoms with Gasteiger partial charge in [-0.1, -0.05) is 6.07 Å². The molecule has 2 aromatic rings. The van der Waals surface area contributed by atoms with Crippen LogP contribution < -0.4 is 4.74 Å². The SMILES string of the molecule is O=C([C@@H]1C[C@H](Oc2cccnc2)CN1S(=O)(=O)c1cccc(F)c1)N1CCCC1. The van der Waals surface area contributed by atoms with Gasteiger partial charge in [0.05, 0.1) is 17.6 Å². The van der Waals surface area contributed by atoms with Crippen LogP contribution in [0, 0.1) is 5.82 Å². The van der Waals surface area contributed by atoms with E-state index in [1.165, 1.54) is 18.2 Å². The Morgan fingerprint density at radius 1 is 1.17 bits per heavy atom. The largest absolute Gasteiger partial charge is 0.487 e. The van der Waals surface area contributed by atoms with E-state index in [1.54, 1.807) is 29.4 Å². The van der Waals surface area contributed by atoms with E-state index in [0.29, 0.717) is 18.8 Å². The minimum atomic E-state index is -4.06. The van der Waals surface area contributed by atoms with Crippen molar-refractivity contribution in [3.63, 3.8) is 0 Å². The number of halogens is 1. The van der Waals surface area contributed by atoms with E-state index in [2.05, 4.69) is 4.98 Å². The molecule has 3 heterocycles. The number of hydrogen-bond donors (Lipinski definition) is 0. The maximum Gasteiger partial charge on any atom is 0.244 e. The number of rotatable bonds is 5. The van der Waals surface area contributed by atoms with Crippen molar-refractivity contribution in [1.29, 1.82) is 0 Å². The molecule has 29 heavy (non-hydrogen) atoms. The number of carbonyl (C=O) groups excluding carboxylic acids is 1. The standard InChI is InChI=1S/C20H22FN3O4S/c21-15-5-3-7-18(11-15)29(26,27)24-14-17(28-16-6-4-8-22-13-16)12-19(24)20(25)23-9-1-2-10-23/h3-8,11,13,17,19H,1-2,9-10,12,14H2/t17-,19-/m0/s1. The molecule has 4 rings (SSSR count). The highest BCUT2D eigenvalue weighted by Crippen LogP contribution is 2.30. The van der Waals surface area contributed by atoms with E-state index < -0.39 is 28.0 Å². The molecule has 154 valence electrons. The first-order chi connectivity index (χ1) is 13.9. The van der Waals surface area contributed by atoms with Gasteiger partial charge in [-0.15, -0.1) is 0 Å². The molecule has 0 aliphatic carbocycles. The first-order valence-corrected chi connectivity index (χ1v) is 11.0. The van der Waals surface area contributed by atoms with Gasteiger partial charge in [0.1, 0.15) is 23.7 Å². The maximum absolute atomic E-state index is 13.7. The summed E-state index contributed by atoms with van der Waals surface area (Å²) in [5, 5.41) is 0. The minimum absolute atomic E-state index is 0.0119. The zero-order valence-corrected chi connectivity index (χ0v) is 16.6. The van der Waals surface area contributed by atoms with Crippen molar-refractivity contribution in [3.05, 3.63) is 54.6 Å². The molecule has 7 nitrogen and oxygen atoms in total. The molecule has 0 spiro atoms. The Morgan fingerprint density at radius 3 is 2.66 bits per heavy atom. The first kappa shape index (κ1) is 19.8. The number of aromatic nitrogens is 1. The molecule has 2 aliphatic rings. The Morgan fingerprint density at radius 2 is 1.97 bits per heavy atom. The quantitative estimate of drug-likeness (QED) is 0.741. The Labute approximate surface area is 169 Å². The molecule has 0 radical (unpaired) electrons. The summed E-state index contributed by atoms with van der Waals surface area (Å²) in [6.45, 7) is 1.26. The third-order valence-electron chi connectivity index (χ3n) is 5.26. The molecule has 0 N–H and O–H groups in total. The highest BCUT2D eigenvalue weighted by atomic mass is 32.2. The number of hydrogen-bond acceptors (Lipinski definition) is 5. The number of nitrogens with zero attached hydrogens (tertiary/aromatic N) is 3. The molecular weight excluding hydrogens is 397 g/mol. The molecule has 0 saturated carbocycles. The summed E-state index contributed by atoms with van der Waals surface area (Å²) in [5.74, 6) is -0.356. The van der Waals surface area contributed by atoms with Gasteiger partial charge in [-0.05, 0) is 43.2 Å². The molecule has 9 heteroatoms. The molecule has 2 atom stereocenters. The fourth-order valence-electron chi connectivity index (χ4n) is 3.86. The van der Waals surface area contributed by atoms with Crippen LogP contribution in [0.2, 0.25) is 0 Å². The van der Waals surface area contributed by atoms with E-state index in [9.17, 15) is 17.6 Å². The lowest BCUT2D eigenvalue weighted by Gasteiger charge is -2.26. The van der Waals surface area contributed by atoms with E-state index >= 15 is 0 Å². The number of sulfonamides is 1. The van der Waals surface area contributed by atoms with Crippen molar-refractivity contribution in [2.75, 3.05) is 19.6 Å². The fourth-order valence-corrected chi connectivity index (χ4v) is 5.52. The summed E-state index contributed by atoms with van der Waals surface area (Å²) in [6, 6.07) is 7.42. The van der Waals surface area contributed by atoms with Crippen LogP contribution in [0.1, 0.15) is 19.3 Å². The van der Waals surface area contributed by atoms with Crippen LogP contribution in [0.15, 0.2) is 53.7 Å². The third kappa shape index (κ3) is 4.11. The lowest BCUT2D eigenvalue weighted by molar-refractivity contribution is -0.133. The van der Waals surface area contributed by atoms with Crippen LogP contribution >= 0.6 is 0 Å². The van der Waals surface area contributed by atoms with Gasteiger partial charge in [-0.3, -0.25) is 9.78 Å². The summed E-state index contributed by atoms with van der Waals surface area (Å²) < 4.78 is 47.2. The smallest absolute Gasteiger partial charge is 0.244 e. The summed E-state index contributed by atoms with van der Waals surface area (Å²) in [6.07, 6.45) is 4.70. The molecule has 2 fully saturated rings. The van der Waals surface area contributed by atoms with Crippen LogP contribution in [-0.4, -0.2) is 60.3 Å². The average Bonchev–Trinajstić information content (AvgIpc) is 3.39. The first-order valence-electron chi connectivity index (χ1n) is 9.58. The average molecular weight is 419 g/mol. The van der Waals surface area contributed by atoms with Crippen molar-refractivity contribution in [3.8, 4) is 5.75 Å². The predicted octanol–water partition coefficient (Wildman–Crippen LogP) is 2.05. The Kier molecular flexibility index (Phi) is 5.51. The summed E-state index contributed by atoms with van der Waals surface area (Å²) in [5.41, 5.74) is 0. The van der Waals surface area contributed by atoms with Crippen LogP contribution in [0.4, 0.5) is 4.39 Å². The van der Waals surface area contributed by atoms with E-state index in [-0.39, 0.29) is 23.8 Å². The third-order valence-corrected chi connectivity index (χ3v) is 7.13. The van der Waals surface area contributed by atoms with Gasteiger partial charge in [0.15, 0.2) is 0 Å². The molecule has 0 bridgehead atoms. The van der Waals surface area contributed by atoms with E-state index in [1.807, 2.05) is 0 Å². The van der Waals surface area contributed by atoms with Crippen molar-refractivity contribution < 1.29 is 22.3 Å². The number of pyridine rings is 1. The van der Waals surface area contributed by atoms with Crippen molar-refractivity contribution in [1.82, 2.24) is 14.2 Å².